The first kappa shape index (κ1) is 25.6. The van der Waals surface area contributed by atoms with Crippen LogP contribution in [0.2, 0.25) is 0 Å². The maximum Gasteiger partial charge on any atom is 0.308 e. The van der Waals surface area contributed by atoms with Gasteiger partial charge in [-0.05, 0) is 18.8 Å². The number of alkyl halides is 1. The first-order valence-electron chi connectivity index (χ1n) is 11.6. The molecule has 3 aliphatic heterocycles. The molecule has 1 spiro atoms. The quantitative estimate of drug-likeness (QED) is 0.314. The van der Waals surface area contributed by atoms with Gasteiger partial charge in [0.2, 0.25) is 11.8 Å². The number of hydrogen-bond acceptors (Lipinski definition) is 5. The summed E-state index contributed by atoms with van der Waals surface area (Å²) in [6, 6.07) is -1.32. The highest BCUT2D eigenvalue weighted by atomic mass is 79.9. The van der Waals surface area contributed by atoms with Gasteiger partial charge in [0.1, 0.15) is 6.04 Å². The molecule has 2 N–H and O–H groups in total. The van der Waals surface area contributed by atoms with E-state index in [0.717, 1.165) is 19.3 Å². The van der Waals surface area contributed by atoms with E-state index in [1.54, 1.807) is 15.9 Å². The van der Waals surface area contributed by atoms with E-state index in [4.69, 9.17) is 0 Å². The van der Waals surface area contributed by atoms with Crippen molar-refractivity contribution >= 4 is 45.5 Å². The van der Waals surface area contributed by atoms with Gasteiger partial charge in [0.15, 0.2) is 0 Å². The number of nitrogens with zero attached hydrogens (tertiary/aromatic N) is 2. The summed E-state index contributed by atoms with van der Waals surface area (Å²) in [6.07, 6.45) is 4.74. The number of halogens is 1. The Morgan fingerprint density at radius 2 is 2.12 bits per heavy atom. The summed E-state index contributed by atoms with van der Waals surface area (Å²) in [5.74, 6) is -3.06. The zero-order valence-electron chi connectivity index (χ0n) is 19.1. The number of likely N-dealkylation sites (tertiary alicyclic amines) is 1. The summed E-state index contributed by atoms with van der Waals surface area (Å²) in [5.41, 5.74) is 0. The topological polar surface area (TPSA) is 98.2 Å². The molecule has 2 amide bonds. The molecule has 0 aromatic rings. The van der Waals surface area contributed by atoms with Crippen molar-refractivity contribution in [3.8, 4) is 0 Å². The smallest absolute Gasteiger partial charge is 0.308 e. The number of fused-ring (bicyclic) bond motifs is 1. The number of unbranched alkanes of at least 4 members (excludes halogenated alkanes) is 1. The van der Waals surface area contributed by atoms with Gasteiger partial charge < -0.3 is 20.0 Å². The molecule has 0 aromatic carbocycles. The molecular weight excluding hydrogens is 496 g/mol. The number of rotatable bonds is 11. The van der Waals surface area contributed by atoms with Crippen molar-refractivity contribution in [2.24, 2.45) is 17.8 Å². The molecule has 0 radical (unpaired) electrons. The van der Waals surface area contributed by atoms with Crippen LogP contribution in [-0.4, -0.2) is 84.4 Å². The summed E-state index contributed by atoms with van der Waals surface area (Å²) in [6.45, 7) is 10.5. The molecule has 3 fully saturated rings. The number of carboxylic acids is 1. The van der Waals surface area contributed by atoms with Crippen molar-refractivity contribution < 1.29 is 24.6 Å². The molecule has 3 aliphatic rings. The zero-order chi connectivity index (χ0) is 23.8. The van der Waals surface area contributed by atoms with E-state index in [-0.39, 0.29) is 34.4 Å². The lowest BCUT2D eigenvalue weighted by Crippen LogP contribution is -2.59. The van der Waals surface area contributed by atoms with Crippen LogP contribution in [0.4, 0.5) is 0 Å². The van der Waals surface area contributed by atoms with Crippen molar-refractivity contribution in [2.45, 2.75) is 73.4 Å². The SMILES string of the molecule is C=CCN(CCCC)C(=O)C1N([C@@H](CO)[C@@H](C)CC)C(=O)[C@@H]2[C@H](C(=O)O)[C@H]3SC12CC3Br. The Labute approximate surface area is 203 Å². The summed E-state index contributed by atoms with van der Waals surface area (Å²) in [7, 11) is 0. The summed E-state index contributed by atoms with van der Waals surface area (Å²) in [5, 5.41) is 20.1. The van der Waals surface area contributed by atoms with Crippen molar-refractivity contribution in [1.29, 1.82) is 0 Å². The molecular formula is C23H35BrN2O5S. The van der Waals surface area contributed by atoms with Gasteiger partial charge in [-0.3, -0.25) is 14.4 Å². The van der Waals surface area contributed by atoms with E-state index in [9.17, 15) is 24.6 Å². The van der Waals surface area contributed by atoms with Gasteiger partial charge in [0, 0.05) is 23.2 Å². The highest BCUT2D eigenvalue weighted by Crippen LogP contribution is 2.68. The minimum Gasteiger partial charge on any atom is -0.481 e. The fourth-order valence-electron chi connectivity index (χ4n) is 5.77. The Morgan fingerprint density at radius 3 is 2.66 bits per heavy atom. The lowest BCUT2D eigenvalue weighted by atomic mass is 9.71. The molecule has 7 nitrogen and oxygen atoms in total. The van der Waals surface area contributed by atoms with Gasteiger partial charge in [-0.2, -0.15) is 0 Å². The average molecular weight is 532 g/mol. The standard InChI is InChI=1S/C23H35BrN2O5S/c1-5-8-10-25(9-6-2)21(29)19-23-11-14(24)18(32-23)16(22(30)31)17(23)20(28)26(19)15(12-27)13(4)7-3/h6,13-19,27H,2,5,7-12H2,1,3-4H3,(H,30,31)/t13-,14?,15-,16-,17-,18-,19?,23?/m0/s1. The minimum absolute atomic E-state index is 0.0248. The van der Waals surface area contributed by atoms with Gasteiger partial charge in [-0.15, -0.1) is 18.3 Å². The normalized spacial score (nSPS) is 35.0. The Bertz CT molecular complexity index is 767. The van der Waals surface area contributed by atoms with Gasteiger partial charge in [-0.25, -0.2) is 0 Å². The molecule has 0 aromatic heterocycles. The second kappa shape index (κ2) is 10.1. The van der Waals surface area contributed by atoms with E-state index in [1.165, 1.54) is 11.8 Å². The third-order valence-corrected chi connectivity index (χ3v) is 10.8. The van der Waals surface area contributed by atoms with E-state index >= 15 is 0 Å². The molecule has 9 heteroatoms. The van der Waals surface area contributed by atoms with Crippen LogP contribution in [0.5, 0.6) is 0 Å². The van der Waals surface area contributed by atoms with Gasteiger partial charge >= 0.3 is 5.97 Å². The van der Waals surface area contributed by atoms with Gasteiger partial charge in [0.25, 0.3) is 0 Å². The zero-order valence-corrected chi connectivity index (χ0v) is 21.5. The fourth-order valence-corrected chi connectivity index (χ4v) is 9.36. The van der Waals surface area contributed by atoms with Crippen molar-refractivity contribution in [1.82, 2.24) is 9.80 Å². The molecule has 3 unspecified atom stereocenters. The second-order valence-corrected chi connectivity index (χ2v) is 12.0. The number of thioether (sulfide) groups is 1. The van der Waals surface area contributed by atoms with E-state index in [2.05, 4.69) is 29.4 Å². The lowest BCUT2D eigenvalue weighted by Gasteiger charge is -2.41. The molecule has 3 rings (SSSR count). The minimum atomic E-state index is -0.988. The lowest BCUT2D eigenvalue weighted by molar-refractivity contribution is -0.150. The summed E-state index contributed by atoms with van der Waals surface area (Å²) in [4.78, 5) is 43.4. The van der Waals surface area contributed by atoms with Crippen molar-refractivity contribution in [2.75, 3.05) is 19.7 Å². The summed E-state index contributed by atoms with van der Waals surface area (Å²) < 4.78 is -0.803. The monoisotopic (exact) mass is 530 g/mol. The Kier molecular flexibility index (Phi) is 8.03. The number of carboxylic acid groups (broad SMARTS) is 1. The Hall–Kier alpha value is -1.06. The third kappa shape index (κ3) is 3.92. The number of carbonyl (C=O) groups excluding carboxylic acids is 2. The molecule has 180 valence electrons. The van der Waals surface area contributed by atoms with Crippen LogP contribution in [0.3, 0.4) is 0 Å². The maximum absolute atomic E-state index is 14.1. The van der Waals surface area contributed by atoms with Crippen LogP contribution in [0.1, 0.15) is 46.5 Å². The van der Waals surface area contributed by atoms with Gasteiger partial charge in [0.05, 0.1) is 29.2 Å². The Morgan fingerprint density at radius 1 is 1.44 bits per heavy atom. The highest BCUT2D eigenvalue weighted by molar-refractivity contribution is 9.09. The first-order valence-corrected chi connectivity index (χ1v) is 13.4. The van der Waals surface area contributed by atoms with E-state index < -0.39 is 34.6 Å². The van der Waals surface area contributed by atoms with Gasteiger partial charge in [-0.1, -0.05) is 55.6 Å². The number of hydrogen-bond donors (Lipinski definition) is 2. The number of carbonyl (C=O) groups is 3. The molecule has 2 bridgehead atoms. The average Bonchev–Trinajstić information content (AvgIpc) is 3.35. The Balaban J connectivity index is 2.12. The van der Waals surface area contributed by atoms with Crippen LogP contribution in [0, 0.1) is 17.8 Å². The largest absolute Gasteiger partial charge is 0.481 e. The number of amides is 2. The highest BCUT2D eigenvalue weighted by Gasteiger charge is 2.76. The predicted molar refractivity (Wildman–Crippen MR) is 129 cm³/mol. The third-order valence-electron chi connectivity index (χ3n) is 7.53. The van der Waals surface area contributed by atoms with E-state index in [0.29, 0.717) is 19.5 Å². The van der Waals surface area contributed by atoms with Crippen molar-refractivity contribution in [3.05, 3.63) is 12.7 Å². The molecule has 0 aliphatic carbocycles. The number of aliphatic carboxylic acids is 1. The van der Waals surface area contributed by atoms with Crippen molar-refractivity contribution in [3.63, 3.8) is 0 Å². The van der Waals surface area contributed by atoms with Crippen LogP contribution < -0.4 is 0 Å². The number of aliphatic hydroxyl groups excluding tert-OH is 1. The summed E-state index contributed by atoms with van der Waals surface area (Å²) >= 11 is 5.15. The maximum atomic E-state index is 14.1. The predicted octanol–water partition coefficient (Wildman–Crippen LogP) is 2.76. The van der Waals surface area contributed by atoms with Crippen LogP contribution in [-0.2, 0) is 14.4 Å². The second-order valence-electron chi connectivity index (χ2n) is 9.31. The molecule has 3 heterocycles. The van der Waals surface area contributed by atoms with E-state index in [1.807, 2.05) is 13.8 Å². The fraction of sp³-hybridized carbons (Fsp3) is 0.783. The van der Waals surface area contributed by atoms with Crippen LogP contribution in [0.15, 0.2) is 12.7 Å². The first-order chi connectivity index (χ1) is 15.2. The van der Waals surface area contributed by atoms with Crippen LogP contribution >= 0.6 is 27.7 Å². The molecule has 0 saturated carbocycles. The van der Waals surface area contributed by atoms with Crippen LogP contribution in [0.25, 0.3) is 0 Å². The molecule has 3 saturated heterocycles. The molecule has 32 heavy (non-hydrogen) atoms. The number of aliphatic hydroxyl groups is 1. The molecule has 8 atom stereocenters.